The van der Waals surface area contributed by atoms with E-state index in [0.29, 0.717) is 19.3 Å². The largest absolute Gasteiger partial charge is 0.490 e. The Morgan fingerprint density at radius 1 is 0.800 bits per heavy atom. The molecule has 0 fully saturated rings. The van der Waals surface area contributed by atoms with Crippen LogP contribution >= 0.6 is 0 Å². The quantitative estimate of drug-likeness (QED) is 0.421. The summed E-state index contributed by atoms with van der Waals surface area (Å²) in [5.74, 6) is 1.60. The molecule has 0 aliphatic heterocycles. The molecule has 0 saturated heterocycles. The van der Waals surface area contributed by atoms with Crippen molar-refractivity contribution in [2.45, 2.75) is 52.8 Å². The smallest absolute Gasteiger partial charge is 0.161 e. The standard InChI is InChI=1S/C27H33NO2/c1-4-29-27-18-25(19-28-22(3)12-15-23-8-6-5-7-9-23)16-17-26(27)30-20-24-13-10-21(2)11-14-24/h5-11,13-14,16-18,22,28H,4,12,15,19-20H2,1-3H3/t22-/m1/s1. The van der Waals surface area contributed by atoms with Gasteiger partial charge in [-0.2, -0.15) is 0 Å². The Labute approximate surface area is 181 Å². The summed E-state index contributed by atoms with van der Waals surface area (Å²) in [6.07, 6.45) is 2.20. The van der Waals surface area contributed by atoms with Crippen LogP contribution in [-0.2, 0) is 19.6 Å². The van der Waals surface area contributed by atoms with Crippen LogP contribution < -0.4 is 14.8 Å². The second kappa shape index (κ2) is 11.4. The van der Waals surface area contributed by atoms with Crippen LogP contribution in [0.4, 0.5) is 0 Å². The van der Waals surface area contributed by atoms with Crippen molar-refractivity contribution >= 4 is 0 Å². The maximum Gasteiger partial charge on any atom is 0.161 e. The molecule has 0 aliphatic rings. The van der Waals surface area contributed by atoms with Gasteiger partial charge in [-0.15, -0.1) is 0 Å². The summed E-state index contributed by atoms with van der Waals surface area (Å²) in [6, 6.07) is 25.7. The minimum atomic E-state index is 0.443. The highest BCUT2D eigenvalue weighted by molar-refractivity contribution is 5.43. The zero-order valence-electron chi connectivity index (χ0n) is 18.4. The molecule has 158 valence electrons. The molecular weight excluding hydrogens is 370 g/mol. The lowest BCUT2D eigenvalue weighted by Gasteiger charge is -2.16. The van der Waals surface area contributed by atoms with E-state index in [1.165, 1.54) is 16.7 Å². The molecule has 3 nitrogen and oxygen atoms in total. The SMILES string of the molecule is CCOc1cc(CN[C@H](C)CCc2ccccc2)ccc1OCc1ccc(C)cc1. The Hall–Kier alpha value is -2.78. The monoisotopic (exact) mass is 403 g/mol. The molecule has 0 amide bonds. The fourth-order valence-corrected chi connectivity index (χ4v) is 3.32. The second-order valence-corrected chi connectivity index (χ2v) is 7.79. The maximum absolute atomic E-state index is 6.04. The van der Waals surface area contributed by atoms with Gasteiger partial charge in [-0.25, -0.2) is 0 Å². The Kier molecular flexibility index (Phi) is 8.34. The Balaban J connectivity index is 1.53. The van der Waals surface area contributed by atoms with E-state index in [0.717, 1.165) is 36.4 Å². The Morgan fingerprint density at radius 3 is 2.27 bits per heavy atom. The van der Waals surface area contributed by atoms with E-state index in [2.05, 4.69) is 85.9 Å². The first kappa shape index (κ1) is 21.9. The van der Waals surface area contributed by atoms with Gasteiger partial charge in [0, 0.05) is 12.6 Å². The van der Waals surface area contributed by atoms with Crippen LogP contribution in [-0.4, -0.2) is 12.6 Å². The first-order valence-corrected chi connectivity index (χ1v) is 10.9. The molecule has 30 heavy (non-hydrogen) atoms. The zero-order valence-corrected chi connectivity index (χ0v) is 18.4. The lowest BCUT2D eigenvalue weighted by atomic mass is 10.1. The molecule has 3 heteroatoms. The third kappa shape index (κ3) is 6.93. The number of benzene rings is 3. The van der Waals surface area contributed by atoms with Crippen LogP contribution in [0.2, 0.25) is 0 Å². The summed E-state index contributed by atoms with van der Waals surface area (Å²) < 4.78 is 11.9. The van der Waals surface area contributed by atoms with Gasteiger partial charge in [0.2, 0.25) is 0 Å². The summed E-state index contributed by atoms with van der Waals surface area (Å²) in [6.45, 7) is 8.30. The fourth-order valence-electron chi connectivity index (χ4n) is 3.32. The van der Waals surface area contributed by atoms with Crippen molar-refractivity contribution in [2.24, 2.45) is 0 Å². The van der Waals surface area contributed by atoms with Gasteiger partial charge in [-0.1, -0.05) is 66.2 Å². The van der Waals surface area contributed by atoms with Crippen LogP contribution in [0.5, 0.6) is 11.5 Å². The minimum Gasteiger partial charge on any atom is -0.490 e. The van der Waals surface area contributed by atoms with Crippen molar-refractivity contribution in [3.63, 3.8) is 0 Å². The molecule has 3 aromatic carbocycles. The van der Waals surface area contributed by atoms with E-state index in [1.54, 1.807) is 0 Å². The van der Waals surface area contributed by atoms with E-state index < -0.39 is 0 Å². The van der Waals surface area contributed by atoms with Gasteiger partial charge in [0.15, 0.2) is 11.5 Å². The highest BCUT2D eigenvalue weighted by Crippen LogP contribution is 2.29. The average molecular weight is 404 g/mol. The van der Waals surface area contributed by atoms with Gasteiger partial charge >= 0.3 is 0 Å². The van der Waals surface area contributed by atoms with Crippen LogP contribution in [0.15, 0.2) is 72.8 Å². The Bertz CT molecular complexity index is 890. The molecule has 0 radical (unpaired) electrons. The molecule has 3 rings (SSSR count). The van der Waals surface area contributed by atoms with Crippen LogP contribution in [0.25, 0.3) is 0 Å². The van der Waals surface area contributed by atoms with Crippen molar-refractivity contribution in [3.05, 3.63) is 95.1 Å². The topological polar surface area (TPSA) is 30.5 Å². The molecule has 1 atom stereocenters. The first-order chi connectivity index (χ1) is 14.6. The highest BCUT2D eigenvalue weighted by Gasteiger charge is 2.09. The zero-order chi connectivity index (χ0) is 21.2. The molecule has 0 bridgehead atoms. The molecule has 0 saturated carbocycles. The molecule has 3 aromatic rings. The van der Waals surface area contributed by atoms with Crippen molar-refractivity contribution in [1.82, 2.24) is 5.32 Å². The lowest BCUT2D eigenvalue weighted by Crippen LogP contribution is -2.26. The molecule has 1 N–H and O–H groups in total. The number of nitrogens with one attached hydrogen (secondary N) is 1. The van der Waals surface area contributed by atoms with E-state index in [4.69, 9.17) is 9.47 Å². The summed E-state index contributed by atoms with van der Waals surface area (Å²) in [7, 11) is 0. The van der Waals surface area contributed by atoms with E-state index >= 15 is 0 Å². The van der Waals surface area contributed by atoms with Gasteiger partial charge in [0.25, 0.3) is 0 Å². The van der Waals surface area contributed by atoms with E-state index in [1.807, 2.05) is 13.0 Å². The van der Waals surface area contributed by atoms with Crippen molar-refractivity contribution < 1.29 is 9.47 Å². The van der Waals surface area contributed by atoms with Gasteiger partial charge < -0.3 is 14.8 Å². The normalized spacial score (nSPS) is 11.8. The predicted molar refractivity (Wildman–Crippen MR) is 124 cm³/mol. The lowest BCUT2D eigenvalue weighted by molar-refractivity contribution is 0.269. The average Bonchev–Trinajstić information content (AvgIpc) is 2.77. The minimum absolute atomic E-state index is 0.443. The van der Waals surface area contributed by atoms with Gasteiger partial charge in [0.05, 0.1) is 6.61 Å². The molecule has 0 unspecified atom stereocenters. The van der Waals surface area contributed by atoms with Crippen LogP contribution in [0, 0.1) is 6.92 Å². The Morgan fingerprint density at radius 2 is 1.53 bits per heavy atom. The van der Waals surface area contributed by atoms with Crippen molar-refractivity contribution in [3.8, 4) is 11.5 Å². The summed E-state index contributed by atoms with van der Waals surface area (Å²) in [4.78, 5) is 0. The third-order valence-electron chi connectivity index (χ3n) is 5.19. The fraction of sp³-hybridized carbons (Fsp3) is 0.333. The van der Waals surface area contributed by atoms with Crippen LogP contribution in [0.1, 0.15) is 42.5 Å². The first-order valence-electron chi connectivity index (χ1n) is 10.9. The van der Waals surface area contributed by atoms with Gasteiger partial charge in [0.1, 0.15) is 6.61 Å². The number of rotatable bonds is 11. The second-order valence-electron chi connectivity index (χ2n) is 7.79. The van der Waals surface area contributed by atoms with Gasteiger partial charge in [-0.3, -0.25) is 0 Å². The molecule has 0 heterocycles. The molecule has 0 aliphatic carbocycles. The molecular formula is C27H33NO2. The highest BCUT2D eigenvalue weighted by atomic mass is 16.5. The number of hydrogen-bond acceptors (Lipinski definition) is 3. The van der Waals surface area contributed by atoms with Crippen molar-refractivity contribution in [1.29, 1.82) is 0 Å². The predicted octanol–water partition coefficient (Wildman–Crippen LogP) is 6.08. The number of ether oxygens (including phenoxy) is 2. The van der Waals surface area contributed by atoms with Gasteiger partial charge in [-0.05, 0) is 62.4 Å². The summed E-state index contributed by atoms with van der Waals surface area (Å²) >= 11 is 0. The third-order valence-corrected chi connectivity index (χ3v) is 5.19. The molecule has 0 spiro atoms. The number of aryl methyl sites for hydroxylation is 2. The number of hydrogen-bond donors (Lipinski definition) is 1. The summed E-state index contributed by atoms with van der Waals surface area (Å²) in [5.41, 5.74) is 5.00. The van der Waals surface area contributed by atoms with Crippen LogP contribution in [0.3, 0.4) is 0 Å². The van der Waals surface area contributed by atoms with E-state index in [-0.39, 0.29) is 0 Å². The van der Waals surface area contributed by atoms with E-state index in [9.17, 15) is 0 Å². The maximum atomic E-state index is 6.04. The summed E-state index contributed by atoms with van der Waals surface area (Å²) in [5, 5.41) is 3.62. The van der Waals surface area contributed by atoms with Crippen molar-refractivity contribution in [2.75, 3.05) is 6.61 Å². The molecule has 0 aromatic heterocycles.